The van der Waals surface area contributed by atoms with Gasteiger partial charge in [-0.2, -0.15) is 0 Å². The molecule has 4 aromatic heterocycles. The highest BCUT2D eigenvalue weighted by atomic mass is 15.1. The third-order valence-electron chi connectivity index (χ3n) is 9.64. The molecule has 10 rings (SSSR count). The SMILES string of the molecule is c1ccc(-c2cc(-n3ccc4ccc5ccn(-c6cncc(-c7cc8ccccc8c8ccccc78)c6)c5c43)nc(-c3ccccc3)n2)cc1. The maximum Gasteiger partial charge on any atom is 0.162 e. The smallest absolute Gasteiger partial charge is 0.162 e. The van der Waals surface area contributed by atoms with Crippen molar-refractivity contribution in [2.75, 3.05) is 0 Å². The van der Waals surface area contributed by atoms with E-state index in [-0.39, 0.29) is 0 Å². The Morgan fingerprint density at radius 1 is 0.420 bits per heavy atom. The minimum absolute atomic E-state index is 0.686. The van der Waals surface area contributed by atoms with Crippen LogP contribution in [-0.2, 0) is 0 Å². The molecule has 50 heavy (non-hydrogen) atoms. The van der Waals surface area contributed by atoms with E-state index in [4.69, 9.17) is 15.0 Å². The maximum absolute atomic E-state index is 5.15. The molecule has 0 unspecified atom stereocenters. The Labute approximate surface area is 288 Å². The molecule has 0 radical (unpaired) electrons. The van der Waals surface area contributed by atoms with Gasteiger partial charge in [0.2, 0.25) is 0 Å². The molecule has 5 nitrogen and oxygen atoms in total. The molecular weight excluding hydrogens is 611 g/mol. The van der Waals surface area contributed by atoms with Gasteiger partial charge in [-0.1, -0.05) is 121 Å². The normalized spacial score (nSPS) is 11.6. The first-order valence-corrected chi connectivity index (χ1v) is 16.8. The number of hydrogen-bond donors (Lipinski definition) is 0. The molecule has 0 amide bonds. The Morgan fingerprint density at radius 2 is 1.06 bits per heavy atom. The summed E-state index contributed by atoms with van der Waals surface area (Å²) in [5.41, 5.74) is 8.29. The zero-order valence-electron chi connectivity index (χ0n) is 27.0. The molecule has 0 N–H and O–H groups in total. The summed E-state index contributed by atoms with van der Waals surface area (Å²) in [6.45, 7) is 0. The number of fused-ring (bicyclic) bond motifs is 6. The third-order valence-corrected chi connectivity index (χ3v) is 9.64. The minimum Gasteiger partial charge on any atom is -0.313 e. The lowest BCUT2D eigenvalue weighted by Crippen LogP contribution is -2.03. The van der Waals surface area contributed by atoms with E-state index in [1.54, 1.807) is 0 Å². The number of rotatable bonds is 5. The second-order valence-electron chi connectivity index (χ2n) is 12.6. The Balaban J connectivity index is 1.18. The van der Waals surface area contributed by atoms with Crippen molar-refractivity contribution in [2.45, 2.75) is 0 Å². The minimum atomic E-state index is 0.686. The first-order valence-electron chi connectivity index (χ1n) is 16.8. The lowest BCUT2D eigenvalue weighted by atomic mass is 9.94. The Morgan fingerprint density at radius 3 is 1.84 bits per heavy atom. The summed E-state index contributed by atoms with van der Waals surface area (Å²) in [6.07, 6.45) is 8.18. The Bertz CT molecular complexity index is 2810. The third kappa shape index (κ3) is 4.60. The highest BCUT2D eigenvalue weighted by Crippen LogP contribution is 2.37. The Kier molecular flexibility index (Phi) is 6.42. The zero-order valence-corrected chi connectivity index (χ0v) is 27.0. The van der Waals surface area contributed by atoms with Crippen molar-refractivity contribution in [1.29, 1.82) is 0 Å². The van der Waals surface area contributed by atoms with Crippen molar-refractivity contribution in [3.05, 3.63) is 176 Å². The molecule has 0 fully saturated rings. The van der Waals surface area contributed by atoms with Crippen LogP contribution in [0.5, 0.6) is 0 Å². The van der Waals surface area contributed by atoms with Crippen LogP contribution in [-0.4, -0.2) is 24.1 Å². The molecule has 0 bridgehead atoms. The number of benzene rings is 6. The highest BCUT2D eigenvalue weighted by molar-refractivity contribution is 6.14. The molecule has 0 aliphatic heterocycles. The monoisotopic (exact) mass is 639 g/mol. The van der Waals surface area contributed by atoms with Crippen LogP contribution in [0.1, 0.15) is 0 Å². The van der Waals surface area contributed by atoms with Gasteiger partial charge in [-0.25, -0.2) is 9.97 Å². The highest BCUT2D eigenvalue weighted by Gasteiger charge is 2.17. The summed E-state index contributed by atoms with van der Waals surface area (Å²) in [4.78, 5) is 15.0. The quantitative estimate of drug-likeness (QED) is 0.176. The van der Waals surface area contributed by atoms with Gasteiger partial charge in [0.15, 0.2) is 5.82 Å². The number of nitrogens with zero attached hydrogens (tertiary/aromatic N) is 5. The van der Waals surface area contributed by atoms with Gasteiger partial charge >= 0.3 is 0 Å². The molecule has 0 aliphatic carbocycles. The van der Waals surface area contributed by atoms with Crippen LogP contribution >= 0.6 is 0 Å². The topological polar surface area (TPSA) is 48.5 Å². The maximum atomic E-state index is 5.15. The molecule has 6 aromatic carbocycles. The zero-order chi connectivity index (χ0) is 33.0. The van der Waals surface area contributed by atoms with Gasteiger partial charge in [-0.15, -0.1) is 0 Å². The molecule has 0 saturated heterocycles. The number of hydrogen-bond acceptors (Lipinski definition) is 3. The number of aromatic nitrogens is 5. The molecular formula is C45H29N5. The van der Waals surface area contributed by atoms with E-state index in [1.165, 1.54) is 27.1 Å². The van der Waals surface area contributed by atoms with E-state index in [9.17, 15) is 0 Å². The van der Waals surface area contributed by atoms with Gasteiger partial charge in [0, 0.05) is 52.1 Å². The average Bonchev–Trinajstić information content (AvgIpc) is 3.83. The summed E-state index contributed by atoms with van der Waals surface area (Å²) < 4.78 is 4.45. The van der Waals surface area contributed by atoms with Crippen LogP contribution < -0.4 is 0 Å². The Hall–Kier alpha value is -6.85. The van der Waals surface area contributed by atoms with Crippen molar-refractivity contribution < 1.29 is 0 Å². The summed E-state index contributed by atoms with van der Waals surface area (Å²) in [5, 5.41) is 7.19. The van der Waals surface area contributed by atoms with Gasteiger partial charge in [-0.3, -0.25) is 9.55 Å². The number of pyridine rings is 1. The van der Waals surface area contributed by atoms with Gasteiger partial charge in [0.25, 0.3) is 0 Å². The summed E-state index contributed by atoms with van der Waals surface area (Å²) in [7, 11) is 0. The van der Waals surface area contributed by atoms with Crippen LogP contribution in [0.4, 0.5) is 0 Å². The molecule has 5 heteroatoms. The molecule has 4 heterocycles. The fourth-order valence-corrected chi connectivity index (χ4v) is 7.28. The van der Waals surface area contributed by atoms with Crippen molar-refractivity contribution in [3.63, 3.8) is 0 Å². The van der Waals surface area contributed by atoms with Gasteiger partial charge in [0.05, 0.1) is 28.6 Å². The van der Waals surface area contributed by atoms with Crippen LogP contribution in [0, 0.1) is 0 Å². The van der Waals surface area contributed by atoms with Crippen molar-refractivity contribution >= 4 is 43.4 Å². The average molecular weight is 640 g/mol. The van der Waals surface area contributed by atoms with E-state index in [0.29, 0.717) is 5.82 Å². The molecule has 0 aliphatic rings. The second-order valence-corrected chi connectivity index (χ2v) is 12.6. The van der Waals surface area contributed by atoms with Crippen molar-refractivity contribution in [3.8, 4) is 45.3 Å². The second kappa shape index (κ2) is 11.4. The fraction of sp³-hybridized carbons (Fsp3) is 0. The summed E-state index contributed by atoms with van der Waals surface area (Å²) >= 11 is 0. The van der Waals surface area contributed by atoms with Gasteiger partial charge < -0.3 is 4.57 Å². The van der Waals surface area contributed by atoms with E-state index in [1.807, 2.05) is 48.8 Å². The predicted octanol–water partition coefficient (Wildman–Crippen LogP) is 11.1. The van der Waals surface area contributed by atoms with Crippen LogP contribution in [0.2, 0.25) is 0 Å². The van der Waals surface area contributed by atoms with E-state index >= 15 is 0 Å². The van der Waals surface area contributed by atoms with Crippen LogP contribution in [0.15, 0.2) is 176 Å². The van der Waals surface area contributed by atoms with E-state index in [0.717, 1.165) is 55.7 Å². The molecule has 0 saturated carbocycles. The van der Waals surface area contributed by atoms with Gasteiger partial charge in [-0.05, 0) is 51.4 Å². The largest absolute Gasteiger partial charge is 0.313 e. The standard InChI is InChI=1S/C45H29N5/c1-3-11-30(12-4-1)41-27-42(48-45(47-41)33-13-5-2-6-14-33)50-24-22-32-20-19-31-21-23-49(43(31)44(32)50)36-25-35(28-46-29-36)40-26-34-15-7-8-16-37(34)38-17-9-10-18-39(38)40/h1-29H. The van der Waals surface area contributed by atoms with Crippen molar-refractivity contribution in [1.82, 2.24) is 24.1 Å². The van der Waals surface area contributed by atoms with E-state index in [2.05, 4.69) is 137 Å². The van der Waals surface area contributed by atoms with Crippen LogP contribution in [0.3, 0.4) is 0 Å². The van der Waals surface area contributed by atoms with Gasteiger partial charge in [0.1, 0.15) is 5.82 Å². The molecule has 234 valence electrons. The molecule has 0 spiro atoms. The lowest BCUT2D eigenvalue weighted by Gasteiger charge is -2.14. The molecule has 10 aromatic rings. The van der Waals surface area contributed by atoms with Crippen LogP contribution in [0.25, 0.3) is 88.6 Å². The molecule has 0 atom stereocenters. The first-order chi connectivity index (χ1) is 24.8. The first kappa shape index (κ1) is 28.2. The van der Waals surface area contributed by atoms with Crippen molar-refractivity contribution in [2.24, 2.45) is 0 Å². The summed E-state index contributed by atoms with van der Waals surface area (Å²) in [6, 6.07) is 53.1. The lowest BCUT2D eigenvalue weighted by molar-refractivity contribution is 1.02. The predicted molar refractivity (Wildman–Crippen MR) is 205 cm³/mol. The van der Waals surface area contributed by atoms with E-state index < -0.39 is 0 Å². The summed E-state index contributed by atoms with van der Waals surface area (Å²) in [5.74, 6) is 1.49. The fourth-order valence-electron chi connectivity index (χ4n) is 7.28.